The van der Waals surface area contributed by atoms with Gasteiger partial charge in [0.25, 0.3) is 0 Å². The third-order valence-corrected chi connectivity index (χ3v) is 5.00. The number of nitrogens with zero attached hydrogens (tertiary/aromatic N) is 2. The zero-order valence-electron chi connectivity index (χ0n) is 14.9. The molecule has 0 saturated carbocycles. The fraction of sp³-hybridized carbons (Fsp3) is 0.318. The van der Waals surface area contributed by atoms with Gasteiger partial charge >= 0.3 is 0 Å². The first kappa shape index (κ1) is 16.1. The van der Waals surface area contributed by atoms with E-state index in [2.05, 4.69) is 72.1 Å². The van der Waals surface area contributed by atoms with Crippen LogP contribution in [0, 0.1) is 0 Å². The summed E-state index contributed by atoms with van der Waals surface area (Å²) < 4.78 is 7.94. The van der Waals surface area contributed by atoms with Crippen LogP contribution in [0.4, 0.5) is 0 Å². The van der Waals surface area contributed by atoms with Gasteiger partial charge in [-0.05, 0) is 23.5 Å². The highest BCUT2D eigenvalue weighted by Crippen LogP contribution is 2.36. The fourth-order valence-corrected chi connectivity index (χ4v) is 3.72. The predicted octanol–water partition coefficient (Wildman–Crippen LogP) is 5.17. The number of hydrogen-bond donors (Lipinski definition) is 0. The average Bonchev–Trinajstić information content (AvgIpc) is 3.33. The third kappa shape index (κ3) is 3.00. The maximum atomic E-state index is 5.67. The molecule has 2 heterocycles. The van der Waals surface area contributed by atoms with E-state index in [1.54, 1.807) is 0 Å². The molecule has 1 aliphatic rings. The van der Waals surface area contributed by atoms with Crippen molar-refractivity contribution in [2.75, 3.05) is 13.2 Å². The molecule has 1 fully saturated rings. The van der Waals surface area contributed by atoms with Crippen LogP contribution in [0.2, 0.25) is 0 Å². The summed E-state index contributed by atoms with van der Waals surface area (Å²) in [6.45, 7) is 6.18. The molecule has 0 radical (unpaired) electrons. The Bertz CT molecular complexity index is 845. The van der Waals surface area contributed by atoms with E-state index >= 15 is 0 Å². The Morgan fingerprint density at radius 1 is 1.08 bits per heavy atom. The van der Waals surface area contributed by atoms with Gasteiger partial charge in [0, 0.05) is 30.5 Å². The molecule has 0 amide bonds. The van der Waals surface area contributed by atoms with Gasteiger partial charge in [0.1, 0.15) is 5.82 Å². The van der Waals surface area contributed by atoms with Crippen molar-refractivity contribution in [3.63, 3.8) is 0 Å². The monoisotopic (exact) mass is 332 g/mol. The van der Waals surface area contributed by atoms with Gasteiger partial charge < -0.3 is 4.74 Å². The van der Waals surface area contributed by atoms with Crippen LogP contribution in [0.15, 0.2) is 60.9 Å². The summed E-state index contributed by atoms with van der Waals surface area (Å²) in [5.74, 6) is 1.90. The maximum absolute atomic E-state index is 5.67. The fourth-order valence-electron chi connectivity index (χ4n) is 3.72. The standard InChI is InChI=1S/C22H24N2O/c1-16(2)19-9-6-10-20(18-11-14-25-15-18)21(19)24-13-12-23-22(24)17-7-4-3-5-8-17/h3-10,12-13,16,18H,11,14-15H2,1-2H3. The first-order chi connectivity index (χ1) is 12.3. The van der Waals surface area contributed by atoms with Crippen LogP contribution in [-0.4, -0.2) is 22.8 Å². The molecule has 1 aromatic heterocycles. The van der Waals surface area contributed by atoms with Crippen molar-refractivity contribution in [3.05, 3.63) is 72.1 Å². The van der Waals surface area contributed by atoms with Gasteiger partial charge in [0.2, 0.25) is 0 Å². The minimum atomic E-state index is 0.447. The molecule has 0 spiro atoms. The van der Waals surface area contributed by atoms with Crippen molar-refractivity contribution in [1.82, 2.24) is 9.55 Å². The number of para-hydroxylation sites is 1. The van der Waals surface area contributed by atoms with Crippen molar-refractivity contribution < 1.29 is 4.74 Å². The van der Waals surface area contributed by atoms with Crippen LogP contribution in [-0.2, 0) is 4.74 Å². The summed E-state index contributed by atoms with van der Waals surface area (Å²) >= 11 is 0. The number of imidazole rings is 1. The molecule has 4 rings (SSSR count). The van der Waals surface area contributed by atoms with E-state index in [-0.39, 0.29) is 0 Å². The van der Waals surface area contributed by atoms with E-state index in [4.69, 9.17) is 4.74 Å². The number of rotatable bonds is 4. The summed E-state index contributed by atoms with van der Waals surface area (Å²) in [5.41, 5.74) is 5.16. The first-order valence-electron chi connectivity index (χ1n) is 9.05. The molecule has 1 atom stereocenters. The van der Waals surface area contributed by atoms with Gasteiger partial charge in [-0.3, -0.25) is 4.57 Å². The van der Waals surface area contributed by atoms with Crippen molar-refractivity contribution in [1.29, 1.82) is 0 Å². The summed E-state index contributed by atoms with van der Waals surface area (Å²) in [6, 6.07) is 17.1. The highest BCUT2D eigenvalue weighted by Gasteiger charge is 2.24. The highest BCUT2D eigenvalue weighted by molar-refractivity contribution is 5.62. The molecule has 25 heavy (non-hydrogen) atoms. The molecule has 3 aromatic rings. The molecular weight excluding hydrogens is 308 g/mol. The lowest BCUT2D eigenvalue weighted by atomic mass is 9.90. The smallest absolute Gasteiger partial charge is 0.144 e. The van der Waals surface area contributed by atoms with Gasteiger partial charge in [-0.2, -0.15) is 0 Å². The van der Waals surface area contributed by atoms with E-state index in [0.29, 0.717) is 11.8 Å². The molecule has 1 unspecified atom stereocenters. The highest BCUT2D eigenvalue weighted by atomic mass is 16.5. The lowest BCUT2D eigenvalue weighted by Crippen LogP contribution is -2.10. The molecule has 0 bridgehead atoms. The number of aromatic nitrogens is 2. The van der Waals surface area contributed by atoms with Crippen LogP contribution in [0.3, 0.4) is 0 Å². The normalized spacial score (nSPS) is 17.3. The average molecular weight is 332 g/mol. The summed E-state index contributed by atoms with van der Waals surface area (Å²) in [7, 11) is 0. The molecule has 1 saturated heterocycles. The Balaban J connectivity index is 1.92. The van der Waals surface area contributed by atoms with Crippen molar-refractivity contribution >= 4 is 0 Å². The molecule has 3 heteroatoms. The molecule has 3 nitrogen and oxygen atoms in total. The summed E-state index contributed by atoms with van der Waals surface area (Å²) in [5, 5.41) is 0. The molecule has 1 aliphatic heterocycles. The van der Waals surface area contributed by atoms with E-state index in [1.807, 2.05) is 12.3 Å². The number of ether oxygens (including phenoxy) is 1. The van der Waals surface area contributed by atoms with E-state index in [1.165, 1.54) is 16.8 Å². The van der Waals surface area contributed by atoms with Gasteiger partial charge in [-0.1, -0.05) is 62.4 Å². The third-order valence-electron chi connectivity index (χ3n) is 5.00. The van der Waals surface area contributed by atoms with E-state index in [9.17, 15) is 0 Å². The molecule has 0 aliphatic carbocycles. The molecule has 0 N–H and O–H groups in total. The first-order valence-corrected chi connectivity index (χ1v) is 9.05. The van der Waals surface area contributed by atoms with Gasteiger partial charge in [0.15, 0.2) is 0 Å². The van der Waals surface area contributed by atoms with Crippen LogP contribution in [0.1, 0.15) is 43.2 Å². The summed E-state index contributed by atoms with van der Waals surface area (Å²) in [6.07, 6.45) is 5.07. The van der Waals surface area contributed by atoms with E-state index < -0.39 is 0 Å². The lowest BCUT2D eigenvalue weighted by molar-refractivity contribution is 0.194. The van der Waals surface area contributed by atoms with Crippen LogP contribution in [0.5, 0.6) is 0 Å². The SMILES string of the molecule is CC(C)c1cccc(C2CCOC2)c1-n1ccnc1-c1ccccc1. The van der Waals surface area contributed by atoms with Gasteiger partial charge in [-0.15, -0.1) is 0 Å². The Morgan fingerprint density at radius 2 is 1.92 bits per heavy atom. The van der Waals surface area contributed by atoms with Crippen LogP contribution < -0.4 is 0 Å². The second-order valence-electron chi connectivity index (χ2n) is 6.99. The summed E-state index contributed by atoms with van der Waals surface area (Å²) in [4.78, 5) is 4.66. The topological polar surface area (TPSA) is 27.1 Å². The van der Waals surface area contributed by atoms with E-state index in [0.717, 1.165) is 31.0 Å². The Kier molecular flexibility index (Phi) is 4.41. The quantitative estimate of drug-likeness (QED) is 0.659. The van der Waals surface area contributed by atoms with Crippen molar-refractivity contribution in [3.8, 4) is 17.1 Å². The Morgan fingerprint density at radius 3 is 2.64 bits per heavy atom. The Hall–Kier alpha value is -2.39. The van der Waals surface area contributed by atoms with Gasteiger partial charge in [0.05, 0.1) is 12.3 Å². The van der Waals surface area contributed by atoms with Crippen LogP contribution >= 0.6 is 0 Å². The molecular formula is C22H24N2O. The lowest BCUT2D eigenvalue weighted by Gasteiger charge is -2.22. The number of benzene rings is 2. The second kappa shape index (κ2) is 6.85. The van der Waals surface area contributed by atoms with Gasteiger partial charge in [-0.25, -0.2) is 4.98 Å². The second-order valence-corrected chi connectivity index (χ2v) is 6.99. The number of hydrogen-bond acceptors (Lipinski definition) is 2. The largest absolute Gasteiger partial charge is 0.381 e. The van der Waals surface area contributed by atoms with Crippen LogP contribution in [0.25, 0.3) is 17.1 Å². The zero-order chi connectivity index (χ0) is 17.2. The predicted molar refractivity (Wildman–Crippen MR) is 101 cm³/mol. The minimum Gasteiger partial charge on any atom is -0.381 e. The molecule has 2 aromatic carbocycles. The van der Waals surface area contributed by atoms with Crippen molar-refractivity contribution in [2.45, 2.75) is 32.1 Å². The maximum Gasteiger partial charge on any atom is 0.144 e. The molecule has 128 valence electrons. The minimum absolute atomic E-state index is 0.447. The van der Waals surface area contributed by atoms with Crippen molar-refractivity contribution in [2.24, 2.45) is 0 Å². The zero-order valence-corrected chi connectivity index (χ0v) is 14.9. The Labute approximate surface area is 149 Å².